The van der Waals surface area contributed by atoms with Gasteiger partial charge in [-0.2, -0.15) is 0 Å². The summed E-state index contributed by atoms with van der Waals surface area (Å²) in [5.74, 6) is 0.428. The molecule has 0 atom stereocenters. The average Bonchev–Trinajstić information content (AvgIpc) is 2.31. The molecule has 1 nitrogen and oxygen atoms in total. The van der Waals surface area contributed by atoms with Gasteiger partial charge in [-0.1, -0.05) is 30.3 Å². The van der Waals surface area contributed by atoms with Crippen molar-refractivity contribution < 1.29 is 9.13 Å². The quantitative estimate of drug-likeness (QED) is 0.724. The standard InChI is InChI=1S/C13H11FO/c1-15-11-7-8-13(14)12(9-11)10-5-3-2-4-6-10/h2-9H,1H3. The van der Waals surface area contributed by atoms with E-state index in [2.05, 4.69) is 0 Å². The van der Waals surface area contributed by atoms with E-state index in [0.717, 1.165) is 5.56 Å². The molecule has 0 radical (unpaired) electrons. The van der Waals surface area contributed by atoms with E-state index in [0.29, 0.717) is 11.3 Å². The van der Waals surface area contributed by atoms with Crippen LogP contribution in [0.2, 0.25) is 0 Å². The molecule has 0 aromatic heterocycles. The van der Waals surface area contributed by atoms with Crippen molar-refractivity contribution in [1.82, 2.24) is 0 Å². The zero-order valence-electron chi connectivity index (χ0n) is 8.41. The van der Waals surface area contributed by atoms with E-state index in [4.69, 9.17) is 4.74 Å². The molecule has 0 aliphatic heterocycles. The molecule has 0 bridgehead atoms. The summed E-state index contributed by atoms with van der Waals surface area (Å²) < 4.78 is 18.6. The summed E-state index contributed by atoms with van der Waals surface area (Å²) in [6.07, 6.45) is 0. The fourth-order valence-electron chi connectivity index (χ4n) is 1.47. The molecule has 0 heterocycles. The van der Waals surface area contributed by atoms with E-state index in [1.807, 2.05) is 30.3 Å². The molecule has 0 fully saturated rings. The molecule has 0 aliphatic rings. The Hall–Kier alpha value is -1.83. The molecule has 76 valence electrons. The summed E-state index contributed by atoms with van der Waals surface area (Å²) in [7, 11) is 1.57. The number of hydrogen-bond acceptors (Lipinski definition) is 1. The number of methoxy groups -OCH3 is 1. The number of benzene rings is 2. The van der Waals surface area contributed by atoms with Crippen molar-refractivity contribution in [3.8, 4) is 16.9 Å². The van der Waals surface area contributed by atoms with Crippen LogP contribution in [0, 0.1) is 5.82 Å². The maximum atomic E-state index is 13.5. The highest BCUT2D eigenvalue weighted by atomic mass is 19.1. The zero-order valence-corrected chi connectivity index (χ0v) is 8.41. The van der Waals surface area contributed by atoms with Crippen molar-refractivity contribution in [3.05, 3.63) is 54.3 Å². The summed E-state index contributed by atoms with van der Waals surface area (Å²) in [4.78, 5) is 0. The lowest BCUT2D eigenvalue weighted by molar-refractivity contribution is 0.414. The maximum absolute atomic E-state index is 13.5. The van der Waals surface area contributed by atoms with Gasteiger partial charge in [0.25, 0.3) is 0 Å². The lowest BCUT2D eigenvalue weighted by Gasteiger charge is -2.05. The average molecular weight is 202 g/mol. The molecule has 15 heavy (non-hydrogen) atoms. The highest BCUT2D eigenvalue weighted by molar-refractivity contribution is 5.65. The first-order valence-electron chi connectivity index (χ1n) is 4.70. The first-order valence-corrected chi connectivity index (χ1v) is 4.70. The molecular weight excluding hydrogens is 191 g/mol. The van der Waals surface area contributed by atoms with Crippen LogP contribution in [0.1, 0.15) is 0 Å². The number of halogens is 1. The fourth-order valence-corrected chi connectivity index (χ4v) is 1.47. The van der Waals surface area contributed by atoms with E-state index in [9.17, 15) is 4.39 Å². The summed E-state index contributed by atoms with van der Waals surface area (Å²) in [6, 6.07) is 14.1. The van der Waals surface area contributed by atoms with E-state index >= 15 is 0 Å². The topological polar surface area (TPSA) is 9.23 Å². The van der Waals surface area contributed by atoms with Gasteiger partial charge in [0.05, 0.1) is 7.11 Å². The molecule has 2 aromatic rings. The Morgan fingerprint density at radius 2 is 1.73 bits per heavy atom. The molecule has 0 amide bonds. The summed E-state index contributed by atoms with van der Waals surface area (Å²) in [5, 5.41) is 0. The van der Waals surface area contributed by atoms with Gasteiger partial charge in [-0.15, -0.1) is 0 Å². The van der Waals surface area contributed by atoms with Gasteiger partial charge >= 0.3 is 0 Å². The third kappa shape index (κ3) is 1.99. The maximum Gasteiger partial charge on any atom is 0.131 e. The predicted octanol–water partition coefficient (Wildman–Crippen LogP) is 3.50. The van der Waals surface area contributed by atoms with Gasteiger partial charge in [-0.05, 0) is 23.8 Å². The van der Waals surface area contributed by atoms with Crippen molar-refractivity contribution in [2.24, 2.45) is 0 Å². The molecule has 0 saturated carbocycles. The van der Waals surface area contributed by atoms with Crippen LogP contribution in [0.5, 0.6) is 5.75 Å². The second kappa shape index (κ2) is 4.13. The van der Waals surface area contributed by atoms with Crippen LogP contribution >= 0.6 is 0 Å². The lowest BCUT2D eigenvalue weighted by Crippen LogP contribution is -1.87. The minimum atomic E-state index is -0.234. The van der Waals surface area contributed by atoms with Gasteiger partial charge in [-0.3, -0.25) is 0 Å². The smallest absolute Gasteiger partial charge is 0.131 e. The Morgan fingerprint density at radius 3 is 2.40 bits per heavy atom. The Morgan fingerprint density at radius 1 is 1.00 bits per heavy atom. The summed E-state index contributed by atoms with van der Waals surface area (Å²) in [6.45, 7) is 0. The van der Waals surface area contributed by atoms with Crippen LogP contribution in [0.15, 0.2) is 48.5 Å². The van der Waals surface area contributed by atoms with Crippen LogP contribution in [0.25, 0.3) is 11.1 Å². The first-order chi connectivity index (χ1) is 7.31. The Kier molecular flexibility index (Phi) is 2.68. The Labute approximate surface area is 88.1 Å². The Bertz CT molecular complexity index is 451. The van der Waals surface area contributed by atoms with E-state index in [1.165, 1.54) is 6.07 Å². The van der Waals surface area contributed by atoms with Gasteiger partial charge in [0.1, 0.15) is 11.6 Å². The predicted molar refractivity (Wildman–Crippen MR) is 58.4 cm³/mol. The van der Waals surface area contributed by atoms with Gasteiger partial charge in [-0.25, -0.2) is 4.39 Å². The Balaban J connectivity index is 2.52. The van der Waals surface area contributed by atoms with Crippen molar-refractivity contribution in [2.75, 3.05) is 7.11 Å². The van der Waals surface area contributed by atoms with Crippen LogP contribution in [-0.4, -0.2) is 7.11 Å². The van der Waals surface area contributed by atoms with Gasteiger partial charge in [0.2, 0.25) is 0 Å². The van der Waals surface area contributed by atoms with Crippen LogP contribution in [0.4, 0.5) is 4.39 Å². The SMILES string of the molecule is COc1ccc(F)c(-c2ccccc2)c1. The van der Waals surface area contributed by atoms with Gasteiger partial charge < -0.3 is 4.74 Å². The van der Waals surface area contributed by atoms with Crippen molar-refractivity contribution in [3.63, 3.8) is 0 Å². The molecule has 2 heteroatoms. The molecular formula is C13H11FO. The zero-order chi connectivity index (χ0) is 10.7. The molecule has 0 spiro atoms. The highest BCUT2D eigenvalue weighted by Gasteiger charge is 2.05. The van der Waals surface area contributed by atoms with Crippen molar-refractivity contribution >= 4 is 0 Å². The number of ether oxygens (including phenoxy) is 1. The minimum Gasteiger partial charge on any atom is -0.497 e. The second-order valence-electron chi connectivity index (χ2n) is 3.21. The minimum absolute atomic E-state index is 0.234. The summed E-state index contributed by atoms with van der Waals surface area (Å²) >= 11 is 0. The normalized spacial score (nSPS) is 10.0. The molecule has 2 rings (SSSR count). The highest BCUT2D eigenvalue weighted by Crippen LogP contribution is 2.26. The third-order valence-corrected chi connectivity index (χ3v) is 2.26. The van der Waals surface area contributed by atoms with Gasteiger partial charge in [0, 0.05) is 5.56 Å². The monoisotopic (exact) mass is 202 g/mol. The van der Waals surface area contributed by atoms with E-state index in [1.54, 1.807) is 19.2 Å². The molecule has 0 saturated heterocycles. The molecule has 0 N–H and O–H groups in total. The largest absolute Gasteiger partial charge is 0.497 e. The second-order valence-corrected chi connectivity index (χ2v) is 3.21. The van der Waals surface area contributed by atoms with Crippen LogP contribution in [0.3, 0.4) is 0 Å². The van der Waals surface area contributed by atoms with E-state index in [-0.39, 0.29) is 5.82 Å². The summed E-state index contributed by atoms with van der Waals surface area (Å²) in [5.41, 5.74) is 1.42. The molecule has 0 unspecified atom stereocenters. The van der Waals surface area contributed by atoms with Crippen molar-refractivity contribution in [1.29, 1.82) is 0 Å². The van der Waals surface area contributed by atoms with Gasteiger partial charge in [0.15, 0.2) is 0 Å². The first kappa shape index (κ1) is 9.71. The third-order valence-electron chi connectivity index (χ3n) is 2.26. The molecule has 0 aliphatic carbocycles. The number of hydrogen-bond donors (Lipinski definition) is 0. The van der Waals surface area contributed by atoms with E-state index < -0.39 is 0 Å². The van der Waals surface area contributed by atoms with Crippen LogP contribution < -0.4 is 4.74 Å². The fraction of sp³-hybridized carbons (Fsp3) is 0.0769. The number of rotatable bonds is 2. The molecule has 2 aromatic carbocycles. The van der Waals surface area contributed by atoms with Crippen molar-refractivity contribution in [2.45, 2.75) is 0 Å². The van der Waals surface area contributed by atoms with Crippen LogP contribution in [-0.2, 0) is 0 Å². The lowest BCUT2D eigenvalue weighted by atomic mass is 10.1.